The maximum atomic E-state index is 5.88. The standard InChI is InChI=1S/C14H17ClN2/c1-3-4-9-17-10-14(16-11(17)2)12-5-7-13(15)8-6-12/h5-8,10H,3-4,9H2,1-2H3. The number of rotatable bonds is 4. The average Bonchev–Trinajstić information content (AvgIpc) is 2.69. The molecule has 1 aromatic carbocycles. The van der Waals surface area contributed by atoms with Gasteiger partial charge in [0.1, 0.15) is 5.82 Å². The van der Waals surface area contributed by atoms with E-state index in [4.69, 9.17) is 11.6 Å². The fourth-order valence-electron chi connectivity index (χ4n) is 1.82. The Morgan fingerprint density at radius 2 is 1.94 bits per heavy atom. The summed E-state index contributed by atoms with van der Waals surface area (Å²) in [5, 5.41) is 0.760. The van der Waals surface area contributed by atoms with Crippen LogP contribution in [0.25, 0.3) is 11.3 Å². The van der Waals surface area contributed by atoms with Gasteiger partial charge in [-0.05, 0) is 25.5 Å². The first-order valence-corrected chi connectivity index (χ1v) is 6.38. The van der Waals surface area contributed by atoms with Crippen LogP contribution in [-0.4, -0.2) is 9.55 Å². The van der Waals surface area contributed by atoms with Crippen molar-refractivity contribution >= 4 is 11.6 Å². The minimum absolute atomic E-state index is 0.760. The Labute approximate surface area is 107 Å². The molecule has 2 aromatic rings. The number of halogens is 1. The van der Waals surface area contributed by atoms with Gasteiger partial charge in [0, 0.05) is 23.3 Å². The summed E-state index contributed by atoms with van der Waals surface area (Å²) in [4.78, 5) is 4.58. The smallest absolute Gasteiger partial charge is 0.106 e. The van der Waals surface area contributed by atoms with Crippen LogP contribution in [0.3, 0.4) is 0 Å². The number of unbranched alkanes of at least 4 members (excludes halogenated alkanes) is 1. The summed E-state index contributed by atoms with van der Waals surface area (Å²) in [6.07, 6.45) is 4.51. The SMILES string of the molecule is CCCCn1cc(-c2ccc(Cl)cc2)nc1C. The summed E-state index contributed by atoms with van der Waals surface area (Å²) < 4.78 is 2.22. The van der Waals surface area contributed by atoms with Crippen LogP contribution >= 0.6 is 11.6 Å². The van der Waals surface area contributed by atoms with E-state index < -0.39 is 0 Å². The molecule has 0 spiro atoms. The Morgan fingerprint density at radius 3 is 2.59 bits per heavy atom. The van der Waals surface area contributed by atoms with Crippen LogP contribution in [0, 0.1) is 6.92 Å². The third kappa shape index (κ3) is 2.89. The predicted molar refractivity (Wildman–Crippen MR) is 72.3 cm³/mol. The first-order valence-electron chi connectivity index (χ1n) is 6.00. The van der Waals surface area contributed by atoms with Gasteiger partial charge in [0.05, 0.1) is 5.69 Å². The van der Waals surface area contributed by atoms with Gasteiger partial charge in [-0.15, -0.1) is 0 Å². The van der Waals surface area contributed by atoms with Crippen molar-refractivity contribution in [2.75, 3.05) is 0 Å². The zero-order chi connectivity index (χ0) is 12.3. The fraction of sp³-hybridized carbons (Fsp3) is 0.357. The van der Waals surface area contributed by atoms with E-state index in [0.29, 0.717) is 0 Å². The van der Waals surface area contributed by atoms with E-state index in [-0.39, 0.29) is 0 Å². The molecule has 0 bridgehead atoms. The van der Waals surface area contributed by atoms with E-state index in [1.807, 2.05) is 24.3 Å². The molecule has 0 saturated carbocycles. The van der Waals surface area contributed by atoms with Crippen LogP contribution in [0.2, 0.25) is 5.02 Å². The molecule has 0 unspecified atom stereocenters. The number of hydrogen-bond donors (Lipinski definition) is 0. The monoisotopic (exact) mass is 248 g/mol. The van der Waals surface area contributed by atoms with Crippen LogP contribution in [-0.2, 0) is 6.54 Å². The molecule has 0 N–H and O–H groups in total. The van der Waals surface area contributed by atoms with Crippen LogP contribution in [0.4, 0.5) is 0 Å². The molecule has 1 heterocycles. The van der Waals surface area contributed by atoms with Crippen molar-refractivity contribution < 1.29 is 0 Å². The Balaban J connectivity index is 2.24. The molecule has 2 nitrogen and oxygen atoms in total. The van der Waals surface area contributed by atoms with Crippen molar-refractivity contribution in [2.24, 2.45) is 0 Å². The molecule has 90 valence electrons. The van der Waals surface area contributed by atoms with Gasteiger partial charge in [-0.3, -0.25) is 0 Å². The molecule has 0 saturated heterocycles. The number of imidazole rings is 1. The van der Waals surface area contributed by atoms with Gasteiger partial charge in [-0.25, -0.2) is 4.98 Å². The van der Waals surface area contributed by atoms with E-state index >= 15 is 0 Å². The summed E-state index contributed by atoms with van der Waals surface area (Å²) in [5.74, 6) is 1.07. The third-order valence-corrected chi connectivity index (χ3v) is 3.12. The van der Waals surface area contributed by atoms with E-state index in [2.05, 4.69) is 29.6 Å². The number of nitrogens with zero attached hydrogens (tertiary/aromatic N) is 2. The van der Waals surface area contributed by atoms with Gasteiger partial charge < -0.3 is 4.57 Å². The van der Waals surface area contributed by atoms with Gasteiger partial charge >= 0.3 is 0 Å². The zero-order valence-corrected chi connectivity index (χ0v) is 11.0. The lowest BCUT2D eigenvalue weighted by molar-refractivity contribution is 0.616. The third-order valence-electron chi connectivity index (χ3n) is 2.87. The first-order chi connectivity index (χ1) is 8.20. The molecule has 0 fully saturated rings. The Hall–Kier alpha value is -1.28. The van der Waals surface area contributed by atoms with Gasteiger partial charge in [0.15, 0.2) is 0 Å². The van der Waals surface area contributed by atoms with Crippen LogP contribution in [0.1, 0.15) is 25.6 Å². The highest BCUT2D eigenvalue weighted by molar-refractivity contribution is 6.30. The number of aromatic nitrogens is 2. The summed E-state index contributed by atoms with van der Waals surface area (Å²) in [5.41, 5.74) is 2.14. The highest BCUT2D eigenvalue weighted by Gasteiger charge is 2.05. The maximum absolute atomic E-state index is 5.88. The van der Waals surface area contributed by atoms with E-state index in [1.165, 1.54) is 12.8 Å². The van der Waals surface area contributed by atoms with Gasteiger partial charge in [0.2, 0.25) is 0 Å². The van der Waals surface area contributed by atoms with Crippen molar-refractivity contribution in [3.05, 3.63) is 41.3 Å². The molecule has 3 heteroatoms. The summed E-state index contributed by atoms with van der Waals surface area (Å²) in [6.45, 7) is 5.30. The van der Waals surface area contributed by atoms with E-state index in [1.54, 1.807) is 0 Å². The summed E-state index contributed by atoms with van der Waals surface area (Å²) in [6, 6.07) is 7.82. The normalized spacial score (nSPS) is 10.8. The quantitative estimate of drug-likeness (QED) is 0.788. The highest BCUT2D eigenvalue weighted by Crippen LogP contribution is 2.21. The number of aryl methyl sites for hydroxylation is 2. The molecule has 0 amide bonds. The highest BCUT2D eigenvalue weighted by atomic mass is 35.5. The average molecular weight is 249 g/mol. The number of hydrogen-bond acceptors (Lipinski definition) is 1. The van der Waals surface area contributed by atoms with Gasteiger partial charge in [-0.1, -0.05) is 37.1 Å². The van der Waals surface area contributed by atoms with Gasteiger partial charge in [-0.2, -0.15) is 0 Å². The number of benzene rings is 1. The molecule has 1 aromatic heterocycles. The van der Waals surface area contributed by atoms with Gasteiger partial charge in [0.25, 0.3) is 0 Å². The second-order valence-corrected chi connectivity index (χ2v) is 4.66. The first kappa shape index (κ1) is 12.2. The Bertz CT molecular complexity index is 485. The van der Waals surface area contributed by atoms with Crippen LogP contribution in [0.15, 0.2) is 30.5 Å². The largest absolute Gasteiger partial charge is 0.335 e. The lowest BCUT2D eigenvalue weighted by Gasteiger charge is -2.01. The second kappa shape index (κ2) is 5.37. The summed E-state index contributed by atoms with van der Waals surface area (Å²) in [7, 11) is 0. The lowest BCUT2D eigenvalue weighted by atomic mass is 10.2. The molecule has 0 radical (unpaired) electrons. The second-order valence-electron chi connectivity index (χ2n) is 4.23. The van der Waals surface area contributed by atoms with Crippen molar-refractivity contribution in [3.8, 4) is 11.3 Å². The predicted octanol–water partition coefficient (Wildman–Crippen LogP) is 4.31. The lowest BCUT2D eigenvalue weighted by Crippen LogP contribution is -1.97. The molecular weight excluding hydrogens is 232 g/mol. The molecule has 0 aliphatic carbocycles. The molecular formula is C14H17ClN2. The molecule has 0 aliphatic heterocycles. The van der Waals surface area contributed by atoms with Crippen LogP contribution < -0.4 is 0 Å². The summed E-state index contributed by atoms with van der Waals surface area (Å²) >= 11 is 5.88. The molecule has 0 aliphatic rings. The molecule has 17 heavy (non-hydrogen) atoms. The minimum Gasteiger partial charge on any atom is -0.335 e. The maximum Gasteiger partial charge on any atom is 0.106 e. The topological polar surface area (TPSA) is 17.8 Å². The van der Waals surface area contributed by atoms with E-state index in [0.717, 1.165) is 28.6 Å². The van der Waals surface area contributed by atoms with Crippen molar-refractivity contribution in [3.63, 3.8) is 0 Å². The van der Waals surface area contributed by atoms with Crippen molar-refractivity contribution in [2.45, 2.75) is 33.2 Å². The van der Waals surface area contributed by atoms with Crippen molar-refractivity contribution in [1.29, 1.82) is 0 Å². The Morgan fingerprint density at radius 1 is 1.24 bits per heavy atom. The molecule has 2 rings (SSSR count). The minimum atomic E-state index is 0.760. The van der Waals surface area contributed by atoms with Crippen molar-refractivity contribution in [1.82, 2.24) is 9.55 Å². The van der Waals surface area contributed by atoms with Crippen LogP contribution in [0.5, 0.6) is 0 Å². The fourth-order valence-corrected chi connectivity index (χ4v) is 1.95. The Kier molecular flexibility index (Phi) is 3.85. The van der Waals surface area contributed by atoms with E-state index in [9.17, 15) is 0 Å². The zero-order valence-electron chi connectivity index (χ0n) is 10.3. The molecule has 0 atom stereocenters.